The number of amides is 1. The molecule has 2 atom stereocenters. The van der Waals surface area contributed by atoms with E-state index in [1.54, 1.807) is 4.90 Å². The van der Waals surface area contributed by atoms with Crippen molar-refractivity contribution in [3.05, 3.63) is 53.1 Å². The van der Waals surface area contributed by atoms with Crippen molar-refractivity contribution in [2.75, 3.05) is 57.4 Å². The number of anilines is 1. The molecule has 3 aliphatic heterocycles. The Kier molecular flexibility index (Phi) is 7.86. The number of carbonyl (C=O) groups excluding carboxylic acids is 1. The number of hydrogen-bond acceptors (Lipinski definition) is 8. The molecule has 0 saturated carbocycles. The summed E-state index contributed by atoms with van der Waals surface area (Å²) in [5.41, 5.74) is -1.36. The van der Waals surface area contributed by atoms with Crippen LogP contribution in [0, 0.1) is 11.6 Å². The first-order chi connectivity index (χ1) is 20.6. The number of phenolic OH excluding ortho intramolecular Hbond substituents is 1. The number of benzene rings is 2. The van der Waals surface area contributed by atoms with Gasteiger partial charge in [-0.1, -0.05) is 24.2 Å². The largest absolute Gasteiger partial charge is 0.507 e. The summed E-state index contributed by atoms with van der Waals surface area (Å²) >= 11 is 6.52. The van der Waals surface area contributed by atoms with E-state index < -0.39 is 41.3 Å². The predicted molar refractivity (Wildman–Crippen MR) is 155 cm³/mol. The molecular weight excluding hydrogens is 587 g/mol. The normalized spacial score (nSPS) is 22.3. The molecule has 43 heavy (non-hydrogen) atoms. The van der Waals surface area contributed by atoms with Gasteiger partial charge in [0.05, 0.1) is 22.7 Å². The lowest BCUT2D eigenvalue weighted by molar-refractivity contribution is -0.127. The summed E-state index contributed by atoms with van der Waals surface area (Å²) in [6.07, 6.45) is 1.02. The van der Waals surface area contributed by atoms with Crippen LogP contribution in [0.5, 0.6) is 11.8 Å². The highest BCUT2D eigenvalue weighted by molar-refractivity contribution is 6.34. The van der Waals surface area contributed by atoms with Crippen LogP contribution < -0.4 is 9.64 Å². The van der Waals surface area contributed by atoms with E-state index in [0.29, 0.717) is 31.9 Å². The maximum atomic E-state index is 16.3. The molecule has 3 aliphatic rings. The standard InChI is InChI=1S/C30H31ClF3N5O4/c1-17(15-40)28(42)38-10-8-37(9-11-38)27-19-12-20(31)23(24-21(33)4-2-5-22(24)41)25(34)26(19)35-29(36-27)43-16-30-6-3-7-39(30)14-18(32)13-30/h2,4-5,12,18,40-41H,1,3,6-11,13-16H2/t18-,30+/m1/s1. The summed E-state index contributed by atoms with van der Waals surface area (Å²) in [5, 5.41) is 19.8. The Labute approximate surface area is 251 Å². The molecule has 9 nitrogen and oxygen atoms in total. The van der Waals surface area contributed by atoms with Crippen molar-refractivity contribution in [2.45, 2.75) is 31.0 Å². The SMILES string of the molecule is C=C(CO)C(=O)N1CCN(c2nc(OC[C@@]34CCCN3C[C@H](F)C4)nc3c(F)c(-c4c(O)cccc4F)c(Cl)cc23)CC1. The van der Waals surface area contributed by atoms with Crippen LogP contribution in [0.2, 0.25) is 5.02 Å². The van der Waals surface area contributed by atoms with E-state index in [4.69, 9.17) is 16.3 Å². The van der Waals surface area contributed by atoms with Gasteiger partial charge in [0.2, 0.25) is 0 Å². The van der Waals surface area contributed by atoms with Crippen LogP contribution in [-0.2, 0) is 4.79 Å². The van der Waals surface area contributed by atoms with Gasteiger partial charge >= 0.3 is 6.01 Å². The number of nitrogens with zero attached hydrogens (tertiary/aromatic N) is 5. The molecule has 1 aromatic heterocycles. The Morgan fingerprint density at radius 3 is 2.65 bits per heavy atom. The van der Waals surface area contributed by atoms with Gasteiger partial charge in [-0.3, -0.25) is 9.69 Å². The lowest BCUT2D eigenvalue weighted by atomic mass is 9.95. The van der Waals surface area contributed by atoms with Gasteiger partial charge in [0, 0.05) is 55.7 Å². The van der Waals surface area contributed by atoms with Gasteiger partial charge in [0.25, 0.3) is 5.91 Å². The molecule has 0 bridgehead atoms. The molecule has 0 radical (unpaired) electrons. The molecule has 0 spiro atoms. The number of ether oxygens (including phenoxy) is 1. The quantitative estimate of drug-likeness (QED) is 0.383. The zero-order valence-corrected chi connectivity index (χ0v) is 24.1. The van der Waals surface area contributed by atoms with Crippen molar-refractivity contribution >= 4 is 34.2 Å². The Morgan fingerprint density at radius 2 is 1.93 bits per heavy atom. The van der Waals surface area contributed by atoms with E-state index in [2.05, 4.69) is 21.4 Å². The third-order valence-corrected chi connectivity index (χ3v) is 8.97. The molecule has 4 heterocycles. The number of alkyl halides is 1. The fourth-order valence-electron chi connectivity index (χ4n) is 6.52. The van der Waals surface area contributed by atoms with Crippen molar-refractivity contribution in [1.29, 1.82) is 0 Å². The first-order valence-electron chi connectivity index (χ1n) is 14.1. The maximum absolute atomic E-state index is 16.3. The first kappa shape index (κ1) is 29.5. The number of aromatic nitrogens is 2. The molecule has 0 aliphatic carbocycles. The van der Waals surface area contributed by atoms with Gasteiger partial charge in [0.1, 0.15) is 35.7 Å². The molecule has 228 valence electrons. The van der Waals surface area contributed by atoms with Crippen LogP contribution in [-0.4, -0.2) is 100 Å². The van der Waals surface area contributed by atoms with Gasteiger partial charge < -0.3 is 24.7 Å². The number of aromatic hydroxyl groups is 1. The van der Waals surface area contributed by atoms with Gasteiger partial charge in [0.15, 0.2) is 5.82 Å². The van der Waals surface area contributed by atoms with Crippen molar-refractivity contribution in [3.8, 4) is 22.9 Å². The zero-order chi connectivity index (χ0) is 30.5. The number of aliphatic hydroxyl groups excluding tert-OH is 1. The summed E-state index contributed by atoms with van der Waals surface area (Å²) in [6, 6.07) is 4.91. The van der Waals surface area contributed by atoms with Crippen molar-refractivity contribution in [3.63, 3.8) is 0 Å². The summed E-state index contributed by atoms with van der Waals surface area (Å²) in [7, 11) is 0. The number of carbonyl (C=O) groups is 1. The fourth-order valence-corrected chi connectivity index (χ4v) is 6.80. The minimum atomic E-state index is -0.964. The minimum Gasteiger partial charge on any atom is -0.507 e. The lowest BCUT2D eigenvalue weighted by Gasteiger charge is -2.36. The van der Waals surface area contributed by atoms with Crippen molar-refractivity contribution in [1.82, 2.24) is 19.8 Å². The van der Waals surface area contributed by atoms with Crippen molar-refractivity contribution in [2.24, 2.45) is 0 Å². The summed E-state index contributed by atoms with van der Waals surface area (Å²) in [4.78, 5) is 27.0. The Morgan fingerprint density at radius 1 is 1.16 bits per heavy atom. The van der Waals surface area contributed by atoms with Crippen LogP contribution >= 0.6 is 11.6 Å². The highest BCUT2D eigenvalue weighted by Gasteiger charge is 2.49. The zero-order valence-electron chi connectivity index (χ0n) is 23.3. The number of aliphatic hydroxyl groups is 1. The topological polar surface area (TPSA) is 102 Å². The monoisotopic (exact) mass is 617 g/mol. The molecule has 3 aromatic rings. The molecule has 2 aromatic carbocycles. The number of rotatable bonds is 7. The van der Waals surface area contributed by atoms with Gasteiger partial charge in [-0.2, -0.15) is 9.97 Å². The molecule has 2 N–H and O–H groups in total. The second-order valence-corrected chi connectivity index (χ2v) is 11.7. The van der Waals surface area contributed by atoms with Gasteiger partial charge in [-0.15, -0.1) is 0 Å². The molecule has 3 fully saturated rings. The number of fused-ring (bicyclic) bond motifs is 2. The lowest BCUT2D eigenvalue weighted by Crippen LogP contribution is -2.49. The van der Waals surface area contributed by atoms with E-state index in [0.717, 1.165) is 25.5 Å². The molecule has 6 rings (SSSR count). The highest BCUT2D eigenvalue weighted by Crippen LogP contribution is 2.44. The average molecular weight is 618 g/mol. The fraction of sp³-hybridized carbons (Fsp3) is 0.433. The minimum absolute atomic E-state index is 0.0807. The van der Waals surface area contributed by atoms with Gasteiger partial charge in [-0.05, 0) is 37.6 Å². The van der Waals surface area contributed by atoms with E-state index in [1.165, 1.54) is 18.2 Å². The Balaban J connectivity index is 1.41. The van der Waals surface area contributed by atoms with E-state index in [-0.39, 0.29) is 58.7 Å². The van der Waals surface area contributed by atoms with Crippen LogP contribution in [0.4, 0.5) is 19.0 Å². The van der Waals surface area contributed by atoms with Crippen LogP contribution in [0.25, 0.3) is 22.0 Å². The summed E-state index contributed by atoms with van der Waals surface area (Å²) < 4.78 is 51.6. The average Bonchev–Trinajstić information content (AvgIpc) is 3.52. The molecule has 3 saturated heterocycles. The summed E-state index contributed by atoms with van der Waals surface area (Å²) in [5.74, 6) is -2.37. The number of piperazine rings is 1. The van der Waals surface area contributed by atoms with E-state index >= 15 is 4.39 Å². The van der Waals surface area contributed by atoms with Crippen LogP contribution in [0.3, 0.4) is 0 Å². The van der Waals surface area contributed by atoms with Crippen molar-refractivity contribution < 1.29 is 32.9 Å². The third kappa shape index (κ3) is 5.25. The number of phenols is 1. The molecule has 13 heteroatoms. The highest BCUT2D eigenvalue weighted by atomic mass is 35.5. The second kappa shape index (κ2) is 11.5. The number of halogens is 4. The van der Waals surface area contributed by atoms with Crippen LogP contribution in [0.1, 0.15) is 19.3 Å². The molecular formula is C30H31ClF3N5O4. The third-order valence-electron chi connectivity index (χ3n) is 8.67. The molecule has 1 amide bonds. The Bertz CT molecular complexity index is 1580. The van der Waals surface area contributed by atoms with E-state index in [1.807, 2.05) is 4.90 Å². The Hall–Kier alpha value is -3.61. The predicted octanol–water partition coefficient (Wildman–Crippen LogP) is 4.09. The van der Waals surface area contributed by atoms with Crippen LogP contribution in [0.15, 0.2) is 36.4 Å². The number of hydrogen-bond donors (Lipinski definition) is 2. The smallest absolute Gasteiger partial charge is 0.319 e. The molecule has 0 unspecified atom stereocenters. The van der Waals surface area contributed by atoms with E-state index in [9.17, 15) is 23.8 Å². The summed E-state index contributed by atoms with van der Waals surface area (Å²) in [6.45, 7) is 5.56. The maximum Gasteiger partial charge on any atom is 0.319 e. The van der Waals surface area contributed by atoms with Gasteiger partial charge in [-0.25, -0.2) is 13.2 Å². The second-order valence-electron chi connectivity index (χ2n) is 11.3. The first-order valence-corrected chi connectivity index (χ1v) is 14.5.